The first-order valence-corrected chi connectivity index (χ1v) is 7.72. The summed E-state index contributed by atoms with van der Waals surface area (Å²) in [4.78, 5) is 15.1. The van der Waals surface area contributed by atoms with Gasteiger partial charge in [-0.1, -0.05) is 25.1 Å². The van der Waals surface area contributed by atoms with Gasteiger partial charge < -0.3 is 4.90 Å². The SMILES string of the molecule is CC1CCN(CCCCSc2ccccc2)C1=O. The molecule has 0 bridgehead atoms. The van der Waals surface area contributed by atoms with Crippen LogP contribution in [0.1, 0.15) is 26.2 Å². The molecule has 3 heteroatoms. The summed E-state index contributed by atoms with van der Waals surface area (Å²) in [6, 6.07) is 10.5. The van der Waals surface area contributed by atoms with Crippen LogP contribution in [-0.2, 0) is 4.79 Å². The Bertz CT molecular complexity index is 379. The van der Waals surface area contributed by atoms with Crippen LogP contribution in [0.25, 0.3) is 0 Å². The number of rotatable bonds is 6. The van der Waals surface area contributed by atoms with E-state index in [1.807, 2.05) is 29.7 Å². The number of unbranched alkanes of at least 4 members (excludes halogenated alkanes) is 1. The average molecular weight is 263 g/mol. The molecule has 1 atom stereocenters. The number of thioether (sulfide) groups is 1. The molecule has 1 aromatic rings. The Hall–Kier alpha value is -0.960. The molecule has 2 rings (SSSR count). The highest BCUT2D eigenvalue weighted by Crippen LogP contribution is 2.20. The van der Waals surface area contributed by atoms with E-state index in [2.05, 4.69) is 24.3 Å². The molecule has 0 radical (unpaired) electrons. The summed E-state index contributed by atoms with van der Waals surface area (Å²) < 4.78 is 0. The fourth-order valence-corrected chi connectivity index (χ4v) is 3.16. The standard InChI is InChI=1S/C15H21NOS/c1-13-9-11-16(15(13)17)10-5-6-12-18-14-7-3-2-4-8-14/h2-4,7-8,13H,5-6,9-12H2,1H3. The second-order valence-corrected chi connectivity index (χ2v) is 6.05. The van der Waals surface area contributed by atoms with Crippen molar-refractivity contribution in [1.82, 2.24) is 4.90 Å². The first-order valence-electron chi connectivity index (χ1n) is 6.74. The third-order valence-electron chi connectivity index (χ3n) is 3.40. The van der Waals surface area contributed by atoms with Crippen LogP contribution >= 0.6 is 11.8 Å². The molecule has 1 unspecified atom stereocenters. The number of likely N-dealkylation sites (tertiary alicyclic amines) is 1. The second-order valence-electron chi connectivity index (χ2n) is 4.88. The first-order chi connectivity index (χ1) is 8.77. The molecule has 18 heavy (non-hydrogen) atoms. The molecule has 1 amide bonds. The van der Waals surface area contributed by atoms with Gasteiger partial charge in [-0.05, 0) is 37.1 Å². The zero-order chi connectivity index (χ0) is 12.8. The highest BCUT2D eigenvalue weighted by molar-refractivity contribution is 7.99. The molecule has 1 aliphatic rings. The fraction of sp³-hybridized carbons (Fsp3) is 0.533. The highest BCUT2D eigenvalue weighted by Gasteiger charge is 2.26. The van der Waals surface area contributed by atoms with Crippen LogP contribution < -0.4 is 0 Å². The number of nitrogens with zero attached hydrogens (tertiary/aromatic N) is 1. The predicted octanol–water partition coefficient (Wildman–Crippen LogP) is 3.43. The van der Waals surface area contributed by atoms with Crippen molar-refractivity contribution >= 4 is 17.7 Å². The summed E-state index contributed by atoms with van der Waals surface area (Å²) in [5.41, 5.74) is 0. The van der Waals surface area contributed by atoms with Gasteiger partial charge in [-0.2, -0.15) is 0 Å². The molecule has 1 aliphatic heterocycles. The number of amides is 1. The summed E-state index contributed by atoms with van der Waals surface area (Å²) >= 11 is 1.90. The van der Waals surface area contributed by atoms with Crippen molar-refractivity contribution in [3.05, 3.63) is 30.3 Å². The first kappa shape index (κ1) is 13.5. The lowest BCUT2D eigenvalue weighted by Gasteiger charge is -2.15. The van der Waals surface area contributed by atoms with E-state index in [4.69, 9.17) is 0 Å². The van der Waals surface area contributed by atoms with Crippen molar-refractivity contribution < 1.29 is 4.79 Å². The average Bonchev–Trinajstić information content (AvgIpc) is 2.71. The second kappa shape index (κ2) is 6.83. The third-order valence-corrected chi connectivity index (χ3v) is 4.50. The summed E-state index contributed by atoms with van der Waals surface area (Å²) in [5, 5.41) is 0. The smallest absolute Gasteiger partial charge is 0.225 e. The van der Waals surface area contributed by atoms with Crippen LogP contribution in [0.15, 0.2) is 35.2 Å². The minimum atomic E-state index is 0.253. The van der Waals surface area contributed by atoms with Crippen LogP contribution in [0.4, 0.5) is 0 Å². The van der Waals surface area contributed by atoms with Crippen molar-refractivity contribution in [1.29, 1.82) is 0 Å². The van der Waals surface area contributed by atoms with Crippen LogP contribution in [0.2, 0.25) is 0 Å². The monoisotopic (exact) mass is 263 g/mol. The van der Waals surface area contributed by atoms with Gasteiger partial charge in [0.15, 0.2) is 0 Å². The van der Waals surface area contributed by atoms with Gasteiger partial charge in [0.25, 0.3) is 0 Å². The molecular weight excluding hydrogens is 242 g/mol. The van der Waals surface area contributed by atoms with Crippen LogP contribution in [0.5, 0.6) is 0 Å². The van der Waals surface area contributed by atoms with E-state index >= 15 is 0 Å². The summed E-state index contributed by atoms with van der Waals surface area (Å²) in [6.45, 7) is 3.94. The van der Waals surface area contributed by atoms with E-state index in [-0.39, 0.29) is 5.92 Å². The Labute approximate surface area is 114 Å². The topological polar surface area (TPSA) is 20.3 Å². The van der Waals surface area contributed by atoms with Gasteiger partial charge in [-0.15, -0.1) is 11.8 Å². The maximum atomic E-state index is 11.7. The number of carbonyl (C=O) groups excluding carboxylic acids is 1. The molecule has 1 fully saturated rings. The van der Waals surface area contributed by atoms with E-state index in [0.29, 0.717) is 5.91 Å². The molecule has 0 N–H and O–H groups in total. The zero-order valence-corrected chi connectivity index (χ0v) is 11.8. The number of benzene rings is 1. The quantitative estimate of drug-likeness (QED) is 0.579. The van der Waals surface area contributed by atoms with E-state index < -0.39 is 0 Å². The molecule has 0 spiro atoms. The maximum absolute atomic E-state index is 11.7. The number of carbonyl (C=O) groups is 1. The van der Waals surface area contributed by atoms with Crippen molar-refractivity contribution in [2.24, 2.45) is 5.92 Å². The normalized spacial score (nSPS) is 19.5. The third kappa shape index (κ3) is 3.77. The Morgan fingerprint density at radius 1 is 1.28 bits per heavy atom. The lowest BCUT2D eigenvalue weighted by atomic mass is 10.1. The fourth-order valence-electron chi connectivity index (χ4n) is 2.23. The Kier molecular flexibility index (Phi) is 5.12. The molecule has 1 aromatic carbocycles. The molecule has 0 aromatic heterocycles. The summed E-state index contributed by atoms with van der Waals surface area (Å²) in [5.74, 6) is 1.75. The molecule has 0 saturated carbocycles. The van der Waals surface area contributed by atoms with E-state index in [1.54, 1.807) is 0 Å². The number of hydrogen-bond donors (Lipinski definition) is 0. The molecule has 0 aliphatic carbocycles. The lowest BCUT2D eigenvalue weighted by molar-refractivity contribution is -0.130. The van der Waals surface area contributed by atoms with Gasteiger partial charge in [-0.25, -0.2) is 0 Å². The predicted molar refractivity (Wildman–Crippen MR) is 76.8 cm³/mol. The molecule has 2 nitrogen and oxygen atoms in total. The van der Waals surface area contributed by atoms with Crippen LogP contribution in [-0.4, -0.2) is 29.6 Å². The van der Waals surface area contributed by atoms with Crippen molar-refractivity contribution in [2.75, 3.05) is 18.8 Å². The van der Waals surface area contributed by atoms with Gasteiger partial charge in [0, 0.05) is 23.9 Å². The Morgan fingerprint density at radius 3 is 2.72 bits per heavy atom. The van der Waals surface area contributed by atoms with Gasteiger partial charge in [-0.3, -0.25) is 4.79 Å². The Morgan fingerprint density at radius 2 is 2.06 bits per heavy atom. The van der Waals surface area contributed by atoms with Crippen molar-refractivity contribution in [3.63, 3.8) is 0 Å². The molecular formula is C15H21NOS. The minimum absolute atomic E-state index is 0.253. The highest BCUT2D eigenvalue weighted by atomic mass is 32.2. The Balaban J connectivity index is 1.58. The van der Waals surface area contributed by atoms with E-state index in [9.17, 15) is 4.79 Å². The summed E-state index contributed by atoms with van der Waals surface area (Å²) in [7, 11) is 0. The zero-order valence-electron chi connectivity index (χ0n) is 11.0. The van der Waals surface area contributed by atoms with Gasteiger partial charge in [0.05, 0.1) is 0 Å². The van der Waals surface area contributed by atoms with Gasteiger partial charge in [0.2, 0.25) is 5.91 Å². The largest absolute Gasteiger partial charge is 0.342 e. The lowest BCUT2D eigenvalue weighted by Crippen LogP contribution is -2.27. The molecule has 1 heterocycles. The summed E-state index contributed by atoms with van der Waals surface area (Å²) in [6.07, 6.45) is 3.34. The number of hydrogen-bond acceptors (Lipinski definition) is 2. The van der Waals surface area contributed by atoms with Gasteiger partial charge in [0.1, 0.15) is 0 Å². The minimum Gasteiger partial charge on any atom is -0.342 e. The maximum Gasteiger partial charge on any atom is 0.225 e. The van der Waals surface area contributed by atoms with E-state index in [0.717, 1.165) is 31.7 Å². The van der Waals surface area contributed by atoms with Crippen molar-refractivity contribution in [3.8, 4) is 0 Å². The van der Waals surface area contributed by atoms with Crippen LogP contribution in [0.3, 0.4) is 0 Å². The van der Waals surface area contributed by atoms with Crippen molar-refractivity contribution in [2.45, 2.75) is 31.1 Å². The van der Waals surface area contributed by atoms with E-state index in [1.165, 1.54) is 11.3 Å². The van der Waals surface area contributed by atoms with Gasteiger partial charge >= 0.3 is 0 Å². The molecule has 1 saturated heterocycles. The van der Waals surface area contributed by atoms with Crippen LogP contribution in [0, 0.1) is 5.92 Å². The molecule has 98 valence electrons.